The molecular weight excluding hydrogens is 264 g/mol. The molecule has 20 heavy (non-hydrogen) atoms. The number of nitrogens with one attached hydrogen (secondary N) is 1. The lowest BCUT2D eigenvalue weighted by Gasteiger charge is -2.27. The average Bonchev–Trinajstić information content (AvgIpc) is 3.06. The van der Waals surface area contributed by atoms with Crippen LogP contribution in [0.3, 0.4) is 0 Å². The van der Waals surface area contributed by atoms with Gasteiger partial charge in [0.05, 0.1) is 0 Å². The van der Waals surface area contributed by atoms with Crippen LogP contribution in [-0.2, 0) is 6.42 Å². The van der Waals surface area contributed by atoms with Crippen LogP contribution in [0.25, 0.3) is 0 Å². The second-order valence-corrected chi connectivity index (χ2v) is 6.93. The first-order valence-electron chi connectivity index (χ1n) is 7.49. The lowest BCUT2D eigenvalue weighted by atomic mass is 9.93. The predicted octanol–water partition coefficient (Wildman–Crippen LogP) is 3.86. The zero-order valence-corrected chi connectivity index (χ0v) is 12.3. The van der Waals surface area contributed by atoms with E-state index in [-0.39, 0.29) is 6.04 Å². The number of aryl methyl sites for hydroxylation is 1. The maximum Gasteiger partial charge on any atom is 0.0347 e. The summed E-state index contributed by atoms with van der Waals surface area (Å²) in [5.74, 6) is 0. The topological polar surface area (TPSA) is 38.0 Å². The molecule has 0 saturated carbocycles. The Labute approximate surface area is 124 Å². The Hall–Kier alpha value is -1.16. The number of hydrogen-bond donors (Lipinski definition) is 2. The third kappa shape index (κ3) is 2.01. The minimum Gasteiger partial charge on any atom is -0.324 e. The summed E-state index contributed by atoms with van der Waals surface area (Å²) in [6.07, 6.45) is 4.82. The molecule has 0 spiro atoms. The Balaban J connectivity index is 1.60. The van der Waals surface area contributed by atoms with Crippen LogP contribution in [0.2, 0.25) is 0 Å². The summed E-state index contributed by atoms with van der Waals surface area (Å²) in [6.45, 7) is 0. The van der Waals surface area contributed by atoms with Gasteiger partial charge in [0.2, 0.25) is 0 Å². The highest BCUT2D eigenvalue weighted by Crippen LogP contribution is 2.41. The van der Waals surface area contributed by atoms with Gasteiger partial charge in [-0.2, -0.15) is 0 Å². The van der Waals surface area contributed by atoms with Gasteiger partial charge in [-0.1, -0.05) is 24.3 Å². The first-order chi connectivity index (χ1) is 9.83. The lowest BCUT2D eigenvalue weighted by molar-refractivity contribution is 0.391. The molecule has 0 amide bonds. The van der Waals surface area contributed by atoms with E-state index >= 15 is 0 Å². The highest BCUT2D eigenvalue weighted by Gasteiger charge is 2.31. The van der Waals surface area contributed by atoms with E-state index in [1.165, 1.54) is 36.0 Å². The van der Waals surface area contributed by atoms with E-state index in [1.54, 1.807) is 4.88 Å². The van der Waals surface area contributed by atoms with Gasteiger partial charge in [0, 0.05) is 23.0 Å². The SMILES string of the molecule is NC1CC(NC2CCCc3sccc32)c2ccccc21. The molecule has 104 valence electrons. The maximum absolute atomic E-state index is 6.28. The summed E-state index contributed by atoms with van der Waals surface area (Å²) in [4.78, 5) is 1.57. The van der Waals surface area contributed by atoms with Crippen LogP contribution in [0, 0.1) is 0 Å². The van der Waals surface area contributed by atoms with Crippen LogP contribution in [0.15, 0.2) is 35.7 Å². The van der Waals surface area contributed by atoms with E-state index in [2.05, 4.69) is 41.0 Å². The van der Waals surface area contributed by atoms with Crippen molar-refractivity contribution in [2.45, 2.75) is 43.8 Å². The second kappa shape index (κ2) is 4.99. The van der Waals surface area contributed by atoms with Gasteiger partial charge >= 0.3 is 0 Å². The molecule has 0 bridgehead atoms. The van der Waals surface area contributed by atoms with Crippen LogP contribution in [0.5, 0.6) is 0 Å². The van der Waals surface area contributed by atoms with Gasteiger partial charge < -0.3 is 11.1 Å². The zero-order chi connectivity index (χ0) is 13.5. The molecule has 2 aromatic rings. The number of nitrogens with two attached hydrogens (primary N) is 1. The molecular formula is C17H20N2S. The van der Waals surface area contributed by atoms with Gasteiger partial charge in [0.25, 0.3) is 0 Å². The summed E-state index contributed by atoms with van der Waals surface area (Å²) in [5, 5.41) is 6.11. The fourth-order valence-corrected chi connectivity index (χ4v) is 4.72. The van der Waals surface area contributed by atoms with E-state index < -0.39 is 0 Å². The monoisotopic (exact) mass is 284 g/mol. The maximum atomic E-state index is 6.28. The third-order valence-corrected chi connectivity index (χ3v) is 5.71. The normalized spacial score (nSPS) is 28.1. The van der Waals surface area contributed by atoms with Crippen LogP contribution in [-0.4, -0.2) is 0 Å². The first kappa shape index (κ1) is 12.6. The Morgan fingerprint density at radius 3 is 2.80 bits per heavy atom. The van der Waals surface area contributed by atoms with Crippen LogP contribution in [0.1, 0.15) is 59.0 Å². The molecule has 0 aliphatic heterocycles. The molecule has 2 aliphatic carbocycles. The van der Waals surface area contributed by atoms with Crippen molar-refractivity contribution in [3.05, 3.63) is 57.3 Å². The summed E-state index contributed by atoms with van der Waals surface area (Å²) in [5.41, 5.74) is 10.5. The minimum atomic E-state index is 0.189. The van der Waals surface area contributed by atoms with Crippen molar-refractivity contribution in [1.82, 2.24) is 5.32 Å². The molecule has 3 N–H and O–H groups in total. The van der Waals surface area contributed by atoms with Crippen LogP contribution < -0.4 is 11.1 Å². The van der Waals surface area contributed by atoms with E-state index in [4.69, 9.17) is 5.73 Å². The molecule has 0 saturated heterocycles. The molecule has 1 aromatic carbocycles. The fraction of sp³-hybridized carbons (Fsp3) is 0.412. The number of rotatable bonds is 2. The van der Waals surface area contributed by atoms with Crippen molar-refractivity contribution in [3.63, 3.8) is 0 Å². The van der Waals surface area contributed by atoms with E-state index in [0.717, 1.165) is 6.42 Å². The van der Waals surface area contributed by atoms with Crippen molar-refractivity contribution >= 4 is 11.3 Å². The van der Waals surface area contributed by atoms with Crippen LogP contribution >= 0.6 is 11.3 Å². The molecule has 4 rings (SSSR count). The van der Waals surface area contributed by atoms with Gasteiger partial charge in [-0.15, -0.1) is 11.3 Å². The Kier molecular flexibility index (Phi) is 3.14. The summed E-state index contributed by atoms with van der Waals surface area (Å²) < 4.78 is 0. The van der Waals surface area contributed by atoms with Crippen molar-refractivity contribution in [1.29, 1.82) is 0 Å². The van der Waals surface area contributed by atoms with Gasteiger partial charge in [-0.25, -0.2) is 0 Å². The lowest BCUT2D eigenvalue weighted by Crippen LogP contribution is -2.27. The highest BCUT2D eigenvalue weighted by molar-refractivity contribution is 7.10. The highest BCUT2D eigenvalue weighted by atomic mass is 32.1. The van der Waals surface area contributed by atoms with Gasteiger partial charge in [-0.05, 0) is 53.8 Å². The van der Waals surface area contributed by atoms with Gasteiger partial charge in [-0.3, -0.25) is 0 Å². The third-order valence-electron chi connectivity index (χ3n) is 4.71. The van der Waals surface area contributed by atoms with Crippen molar-refractivity contribution in [2.24, 2.45) is 5.73 Å². The van der Waals surface area contributed by atoms with Crippen molar-refractivity contribution < 1.29 is 0 Å². The van der Waals surface area contributed by atoms with Gasteiger partial charge in [0.15, 0.2) is 0 Å². The van der Waals surface area contributed by atoms with E-state index in [9.17, 15) is 0 Å². The number of benzene rings is 1. The Morgan fingerprint density at radius 2 is 1.90 bits per heavy atom. The molecule has 1 heterocycles. The minimum absolute atomic E-state index is 0.189. The number of thiophene rings is 1. The molecule has 3 atom stereocenters. The molecule has 3 heteroatoms. The number of fused-ring (bicyclic) bond motifs is 2. The van der Waals surface area contributed by atoms with Crippen molar-refractivity contribution in [3.8, 4) is 0 Å². The summed E-state index contributed by atoms with van der Waals surface area (Å²) >= 11 is 1.91. The molecule has 2 nitrogen and oxygen atoms in total. The summed E-state index contributed by atoms with van der Waals surface area (Å²) in [7, 11) is 0. The largest absolute Gasteiger partial charge is 0.324 e. The zero-order valence-electron chi connectivity index (χ0n) is 11.5. The molecule has 1 aromatic heterocycles. The predicted molar refractivity (Wildman–Crippen MR) is 83.9 cm³/mol. The van der Waals surface area contributed by atoms with Crippen LogP contribution in [0.4, 0.5) is 0 Å². The van der Waals surface area contributed by atoms with Gasteiger partial charge in [0.1, 0.15) is 0 Å². The number of hydrogen-bond acceptors (Lipinski definition) is 3. The second-order valence-electron chi connectivity index (χ2n) is 5.93. The quantitative estimate of drug-likeness (QED) is 0.879. The van der Waals surface area contributed by atoms with E-state index in [0.29, 0.717) is 12.1 Å². The Bertz CT molecular complexity index is 619. The molecule has 3 unspecified atom stereocenters. The Morgan fingerprint density at radius 1 is 1.05 bits per heavy atom. The standard InChI is InChI=1S/C17H20N2S/c18-14-10-16(12-5-2-1-4-11(12)14)19-15-6-3-7-17-13(15)8-9-20-17/h1-2,4-5,8-9,14-16,19H,3,6-7,10,18H2. The molecule has 2 aliphatic rings. The average molecular weight is 284 g/mol. The van der Waals surface area contributed by atoms with Crippen molar-refractivity contribution in [2.75, 3.05) is 0 Å². The van der Waals surface area contributed by atoms with E-state index in [1.807, 2.05) is 11.3 Å². The molecule has 0 radical (unpaired) electrons. The first-order valence-corrected chi connectivity index (χ1v) is 8.37. The molecule has 0 fully saturated rings. The smallest absolute Gasteiger partial charge is 0.0347 e. The fourth-order valence-electron chi connectivity index (χ4n) is 3.73. The summed E-state index contributed by atoms with van der Waals surface area (Å²) in [6, 6.07) is 12.0.